The average Bonchev–Trinajstić information content (AvgIpc) is 2.48. The normalized spacial score (nSPS) is 12.2. The lowest BCUT2D eigenvalue weighted by Gasteiger charge is -2.18. The van der Waals surface area contributed by atoms with Crippen molar-refractivity contribution in [2.24, 2.45) is 0 Å². The van der Waals surface area contributed by atoms with Gasteiger partial charge in [0.1, 0.15) is 12.4 Å². The van der Waals surface area contributed by atoms with Gasteiger partial charge in [0.05, 0.1) is 0 Å². The van der Waals surface area contributed by atoms with Crippen molar-refractivity contribution in [1.29, 1.82) is 0 Å². The number of likely N-dealkylation sites (N-methyl/N-ethyl adjacent to an activating group) is 1. The molecule has 0 radical (unpaired) electrons. The summed E-state index contributed by atoms with van der Waals surface area (Å²) in [7, 11) is 1.89. The molecular formula is C16H16Cl3NO. The molecule has 1 atom stereocenters. The van der Waals surface area contributed by atoms with E-state index in [2.05, 4.69) is 5.32 Å². The van der Waals surface area contributed by atoms with Crippen molar-refractivity contribution in [2.45, 2.75) is 12.5 Å². The van der Waals surface area contributed by atoms with Crippen molar-refractivity contribution in [3.63, 3.8) is 0 Å². The Morgan fingerprint density at radius 1 is 1.00 bits per heavy atom. The zero-order chi connectivity index (χ0) is 15.2. The van der Waals surface area contributed by atoms with Crippen molar-refractivity contribution in [1.82, 2.24) is 5.32 Å². The number of nitrogens with one attached hydrogen (secondary N) is 1. The number of hydrogen-bond donors (Lipinski definition) is 1. The maximum Gasteiger partial charge on any atom is 0.119 e. The van der Waals surface area contributed by atoms with Gasteiger partial charge in [0.25, 0.3) is 0 Å². The Morgan fingerprint density at radius 3 is 2.19 bits per heavy atom. The van der Waals surface area contributed by atoms with E-state index in [1.165, 1.54) is 0 Å². The summed E-state index contributed by atoms with van der Waals surface area (Å²) < 4.78 is 5.76. The van der Waals surface area contributed by atoms with Gasteiger partial charge in [0, 0.05) is 21.1 Å². The third-order valence-corrected chi connectivity index (χ3v) is 4.15. The van der Waals surface area contributed by atoms with Crippen LogP contribution in [0.3, 0.4) is 0 Å². The van der Waals surface area contributed by atoms with Crippen LogP contribution in [0.15, 0.2) is 42.5 Å². The molecule has 0 saturated heterocycles. The van der Waals surface area contributed by atoms with Gasteiger partial charge in [-0.1, -0.05) is 40.9 Å². The number of hydrogen-bond acceptors (Lipinski definition) is 2. The van der Waals surface area contributed by atoms with E-state index in [-0.39, 0.29) is 6.04 Å². The SMILES string of the molecule is CNC(COc1ccc(Cl)cc1)Cc1c(Cl)cccc1Cl. The molecule has 2 aromatic carbocycles. The largest absolute Gasteiger partial charge is 0.492 e. The number of benzene rings is 2. The predicted molar refractivity (Wildman–Crippen MR) is 90.0 cm³/mol. The second-order valence-electron chi connectivity index (χ2n) is 4.65. The Morgan fingerprint density at radius 2 is 1.62 bits per heavy atom. The zero-order valence-electron chi connectivity index (χ0n) is 11.6. The smallest absolute Gasteiger partial charge is 0.119 e. The molecule has 0 fully saturated rings. The first kappa shape index (κ1) is 16.4. The van der Waals surface area contributed by atoms with Gasteiger partial charge in [-0.05, 0) is 55.4 Å². The van der Waals surface area contributed by atoms with Gasteiger partial charge in [-0.25, -0.2) is 0 Å². The lowest BCUT2D eigenvalue weighted by Crippen LogP contribution is -2.34. The molecule has 0 bridgehead atoms. The molecule has 2 aromatic rings. The van der Waals surface area contributed by atoms with Crippen molar-refractivity contribution in [3.8, 4) is 5.75 Å². The van der Waals surface area contributed by atoms with Crippen LogP contribution in [0, 0.1) is 0 Å². The molecule has 21 heavy (non-hydrogen) atoms. The molecule has 112 valence electrons. The van der Waals surface area contributed by atoms with Crippen LogP contribution in [-0.4, -0.2) is 19.7 Å². The fourth-order valence-electron chi connectivity index (χ4n) is 1.95. The van der Waals surface area contributed by atoms with E-state index in [0.717, 1.165) is 11.3 Å². The van der Waals surface area contributed by atoms with Crippen molar-refractivity contribution >= 4 is 34.8 Å². The first-order valence-corrected chi connectivity index (χ1v) is 7.72. The van der Waals surface area contributed by atoms with Gasteiger partial charge in [-0.15, -0.1) is 0 Å². The molecule has 0 heterocycles. The van der Waals surface area contributed by atoms with E-state index in [9.17, 15) is 0 Å². The molecule has 0 saturated carbocycles. The van der Waals surface area contributed by atoms with Crippen LogP contribution in [0.25, 0.3) is 0 Å². The Balaban J connectivity index is 1.98. The van der Waals surface area contributed by atoms with Crippen LogP contribution in [0.5, 0.6) is 5.75 Å². The Labute approximate surface area is 140 Å². The second kappa shape index (κ2) is 7.90. The zero-order valence-corrected chi connectivity index (χ0v) is 13.8. The van der Waals surface area contributed by atoms with Crippen molar-refractivity contribution < 1.29 is 4.74 Å². The highest BCUT2D eigenvalue weighted by molar-refractivity contribution is 6.36. The molecule has 5 heteroatoms. The van der Waals surface area contributed by atoms with Crippen LogP contribution >= 0.6 is 34.8 Å². The summed E-state index contributed by atoms with van der Waals surface area (Å²) >= 11 is 18.2. The van der Waals surface area contributed by atoms with Crippen LogP contribution < -0.4 is 10.1 Å². The summed E-state index contributed by atoms with van der Waals surface area (Å²) in [6.45, 7) is 0.514. The summed E-state index contributed by atoms with van der Waals surface area (Å²) in [4.78, 5) is 0. The first-order chi connectivity index (χ1) is 10.1. The van der Waals surface area contributed by atoms with E-state index in [0.29, 0.717) is 28.1 Å². The topological polar surface area (TPSA) is 21.3 Å². The molecule has 0 aliphatic rings. The lowest BCUT2D eigenvalue weighted by molar-refractivity contribution is 0.270. The monoisotopic (exact) mass is 343 g/mol. The summed E-state index contributed by atoms with van der Waals surface area (Å²) in [5, 5.41) is 5.26. The van der Waals surface area contributed by atoms with E-state index in [4.69, 9.17) is 39.5 Å². The molecule has 0 amide bonds. The average molecular weight is 345 g/mol. The molecule has 1 N–H and O–H groups in total. The third-order valence-electron chi connectivity index (χ3n) is 3.19. The van der Waals surface area contributed by atoms with Crippen molar-refractivity contribution in [2.75, 3.05) is 13.7 Å². The minimum Gasteiger partial charge on any atom is -0.492 e. The molecule has 0 aromatic heterocycles. The van der Waals surface area contributed by atoms with Gasteiger partial charge >= 0.3 is 0 Å². The lowest BCUT2D eigenvalue weighted by atomic mass is 10.1. The fourth-order valence-corrected chi connectivity index (χ4v) is 2.62. The quantitative estimate of drug-likeness (QED) is 0.808. The number of rotatable bonds is 6. The molecule has 1 unspecified atom stereocenters. The molecule has 0 spiro atoms. The summed E-state index contributed by atoms with van der Waals surface area (Å²) in [6, 6.07) is 12.9. The molecule has 2 nitrogen and oxygen atoms in total. The highest BCUT2D eigenvalue weighted by Crippen LogP contribution is 2.25. The van der Waals surface area contributed by atoms with Gasteiger partial charge < -0.3 is 10.1 Å². The van der Waals surface area contributed by atoms with E-state index < -0.39 is 0 Å². The molecule has 0 aliphatic heterocycles. The van der Waals surface area contributed by atoms with E-state index >= 15 is 0 Å². The van der Waals surface area contributed by atoms with E-state index in [1.807, 2.05) is 37.4 Å². The fraction of sp³-hybridized carbons (Fsp3) is 0.250. The van der Waals surface area contributed by atoms with Crippen LogP contribution in [0.1, 0.15) is 5.56 Å². The summed E-state index contributed by atoms with van der Waals surface area (Å²) in [6.07, 6.45) is 0.697. The second-order valence-corrected chi connectivity index (χ2v) is 5.91. The first-order valence-electron chi connectivity index (χ1n) is 6.58. The van der Waals surface area contributed by atoms with Gasteiger partial charge in [-0.2, -0.15) is 0 Å². The van der Waals surface area contributed by atoms with Gasteiger partial charge in [0.2, 0.25) is 0 Å². The van der Waals surface area contributed by atoms with Crippen LogP contribution in [0.2, 0.25) is 15.1 Å². The predicted octanol–water partition coefficient (Wildman–Crippen LogP) is 4.86. The number of halogens is 3. The van der Waals surface area contributed by atoms with Crippen LogP contribution in [0.4, 0.5) is 0 Å². The maximum atomic E-state index is 6.20. The van der Waals surface area contributed by atoms with Crippen molar-refractivity contribution in [3.05, 3.63) is 63.1 Å². The Bertz CT molecular complexity index is 566. The third kappa shape index (κ3) is 4.79. The molecular weight excluding hydrogens is 329 g/mol. The Hall–Kier alpha value is -0.930. The van der Waals surface area contributed by atoms with E-state index in [1.54, 1.807) is 12.1 Å². The standard InChI is InChI=1S/C16H16Cl3NO/c1-20-12(9-14-15(18)3-2-4-16(14)19)10-21-13-7-5-11(17)6-8-13/h2-8,12,20H,9-10H2,1H3. The molecule has 0 aliphatic carbocycles. The highest BCUT2D eigenvalue weighted by atomic mass is 35.5. The maximum absolute atomic E-state index is 6.20. The van der Waals surface area contributed by atoms with Gasteiger partial charge in [-0.3, -0.25) is 0 Å². The van der Waals surface area contributed by atoms with Gasteiger partial charge in [0.15, 0.2) is 0 Å². The Kier molecular flexibility index (Phi) is 6.19. The minimum atomic E-state index is 0.109. The minimum absolute atomic E-state index is 0.109. The summed E-state index contributed by atoms with van der Waals surface area (Å²) in [5.41, 5.74) is 0.930. The highest BCUT2D eigenvalue weighted by Gasteiger charge is 2.13. The summed E-state index contributed by atoms with van der Waals surface area (Å²) in [5.74, 6) is 0.782. The van der Waals surface area contributed by atoms with Crippen LogP contribution in [-0.2, 0) is 6.42 Å². The number of ether oxygens (including phenoxy) is 1. The molecule has 2 rings (SSSR count).